The third kappa shape index (κ3) is 6.00. The molecule has 2 aliphatic rings. The van der Waals surface area contributed by atoms with Crippen LogP contribution in [-0.2, 0) is 21.5 Å². The summed E-state index contributed by atoms with van der Waals surface area (Å²) in [5, 5.41) is 13.8. The fraction of sp³-hybridized carbons (Fsp3) is 0.348. The van der Waals surface area contributed by atoms with E-state index in [2.05, 4.69) is 20.3 Å². The molecule has 4 N–H and O–H groups in total. The highest BCUT2D eigenvalue weighted by atomic mass is 35.5. The monoisotopic (exact) mass is 598 g/mol. The molecule has 1 radical (unpaired) electrons. The number of halogens is 2. The molecule has 5 rings (SSSR count). The van der Waals surface area contributed by atoms with Crippen LogP contribution >= 0.6 is 34.5 Å². The topological polar surface area (TPSA) is 164 Å². The van der Waals surface area contributed by atoms with Gasteiger partial charge in [-0.25, -0.2) is 15.0 Å². The van der Waals surface area contributed by atoms with Crippen LogP contribution in [-0.4, -0.2) is 57.6 Å². The molecule has 1 saturated carbocycles. The standard InChI is InChI=1S/C23H22Cl2N5O6S2/c24-18-2-1-11-3-4-36-21(19(11)30-18)14-7-17(37-22(14)25)20(32)15-9-26-10-27-23(15)29-13-5-12(16(31)6-13)8-28-38(33,34)35/h1-2,7-10,12-13,16,21,28,31H,3-6H2,(H,26,27,29)(H,33,34,35)/t12-,13-,16+,21+/m1/s1. The van der Waals surface area contributed by atoms with Gasteiger partial charge in [-0.15, -0.1) is 11.3 Å². The Balaban J connectivity index is 1.35. The molecule has 0 saturated heterocycles. The minimum absolute atomic E-state index is 0.209. The van der Waals surface area contributed by atoms with Crippen LogP contribution < -0.4 is 10.0 Å². The number of rotatable bonds is 8. The first-order valence-electron chi connectivity index (χ1n) is 11.5. The first-order valence-corrected chi connectivity index (χ1v) is 14.5. The van der Waals surface area contributed by atoms with Gasteiger partial charge in [0.05, 0.1) is 33.2 Å². The molecule has 4 atom stereocenters. The van der Waals surface area contributed by atoms with E-state index < -0.39 is 28.4 Å². The molecule has 38 heavy (non-hydrogen) atoms. The summed E-state index contributed by atoms with van der Waals surface area (Å²) in [4.78, 5) is 26.5. The molecule has 0 unspecified atom stereocenters. The molecule has 3 aromatic rings. The van der Waals surface area contributed by atoms with Gasteiger partial charge in [0, 0.05) is 30.3 Å². The predicted octanol–water partition coefficient (Wildman–Crippen LogP) is 3.24. The Bertz CT molecular complexity index is 1470. The number of anilines is 1. The number of nitrogens with one attached hydrogen (secondary N) is 2. The highest BCUT2D eigenvalue weighted by Gasteiger charge is 2.35. The number of ketones is 1. The maximum absolute atomic E-state index is 13.5. The molecule has 0 amide bonds. The molecule has 0 spiro atoms. The van der Waals surface area contributed by atoms with Crippen molar-refractivity contribution in [2.75, 3.05) is 11.9 Å². The molecule has 11 nitrogen and oxygen atoms in total. The van der Waals surface area contributed by atoms with Gasteiger partial charge in [-0.2, -0.15) is 13.1 Å². The number of thiophene rings is 1. The zero-order valence-corrected chi connectivity index (χ0v) is 22.7. The lowest BCUT2D eigenvalue weighted by molar-refractivity contribution is 0.0667. The number of ether oxygens (including phenoxy) is 1. The Morgan fingerprint density at radius 2 is 2.08 bits per heavy atom. The third-order valence-corrected chi connectivity index (χ3v) is 8.44. The molecule has 1 fully saturated rings. The Morgan fingerprint density at radius 1 is 1.26 bits per heavy atom. The van der Waals surface area contributed by atoms with E-state index in [-0.39, 0.29) is 29.6 Å². The fourth-order valence-electron chi connectivity index (χ4n) is 4.65. The van der Waals surface area contributed by atoms with E-state index in [1.54, 1.807) is 12.1 Å². The molecular weight excluding hydrogens is 577 g/mol. The summed E-state index contributed by atoms with van der Waals surface area (Å²) in [6.07, 6.45) is 2.58. The van der Waals surface area contributed by atoms with E-state index >= 15 is 0 Å². The van der Waals surface area contributed by atoms with Crippen LogP contribution in [0.4, 0.5) is 5.82 Å². The van der Waals surface area contributed by atoms with Crippen LogP contribution in [0.15, 0.2) is 30.7 Å². The van der Waals surface area contributed by atoms with Gasteiger partial charge in [-0.05, 0) is 37.0 Å². The van der Waals surface area contributed by atoms with E-state index in [4.69, 9.17) is 32.5 Å². The Morgan fingerprint density at radius 3 is 2.87 bits per heavy atom. The summed E-state index contributed by atoms with van der Waals surface area (Å²) in [5.41, 5.74) is 2.50. The first kappa shape index (κ1) is 27.3. The number of hydrogen-bond acceptors (Lipinski definition) is 10. The first-order chi connectivity index (χ1) is 18.1. The zero-order chi connectivity index (χ0) is 27.0. The largest absolute Gasteiger partial charge is 0.393 e. The maximum atomic E-state index is 13.5. The number of pyridine rings is 1. The predicted molar refractivity (Wildman–Crippen MR) is 141 cm³/mol. The maximum Gasteiger partial charge on any atom is 0.333 e. The second kappa shape index (κ2) is 11.1. The van der Waals surface area contributed by atoms with Crippen molar-refractivity contribution >= 4 is 56.4 Å². The number of hydrogen-bond donors (Lipinski definition) is 4. The highest BCUT2D eigenvalue weighted by molar-refractivity contribution is 7.83. The van der Waals surface area contributed by atoms with Gasteiger partial charge in [0.2, 0.25) is 5.78 Å². The van der Waals surface area contributed by atoms with Gasteiger partial charge >= 0.3 is 10.3 Å². The van der Waals surface area contributed by atoms with Crippen molar-refractivity contribution in [2.24, 2.45) is 5.92 Å². The number of carbonyl (C=O) groups excluding carboxylic acids is 1. The number of nitrogens with zero attached hydrogens (tertiary/aromatic N) is 3. The van der Waals surface area contributed by atoms with Crippen LogP contribution in [0.25, 0.3) is 0 Å². The van der Waals surface area contributed by atoms with E-state index in [0.29, 0.717) is 45.1 Å². The minimum Gasteiger partial charge on any atom is -0.393 e. The van der Waals surface area contributed by atoms with Gasteiger partial charge in [0.1, 0.15) is 23.4 Å². The van der Waals surface area contributed by atoms with Crippen molar-refractivity contribution in [3.05, 3.63) is 74.0 Å². The number of aliphatic hydroxyl groups excluding tert-OH is 1. The second-order valence-electron chi connectivity index (χ2n) is 8.94. The molecule has 1 aliphatic carbocycles. The van der Waals surface area contributed by atoms with Crippen molar-refractivity contribution in [1.82, 2.24) is 19.7 Å². The molecule has 201 valence electrons. The lowest BCUT2D eigenvalue weighted by Crippen LogP contribution is -2.27. The number of carbonyl (C=O) groups is 1. The van der Waals surface area contributed by atoms with Gasteiger partial charge in [0.15, 0.2) is 0 Å². The third-order valence-electron chi connectivity index (χ3n) is 6.41. The van der Waals surface area contributed by atoms with Crippen LogP contribution in [0, 0.1) is 12.5 Å². The summed E-state index contributed by atoms with van der Waals surface area (Å²) in [6.45, 7) is 1.61. The molecule has 1 aliphatic heterocycles. The smallest absolute Gasteiger partial charge is 0.333 e. The van der Waals surface area contributed by atoms with Crippen molar-refractivity contribution in [3.63, 3.8) is 0 Å². The summed E-state index contributed by atoms with van der Waals surface area (Å²) in [7, 11) is -4.42. The Hall–Kier alpha value is -2.23. The number of fused-ring (bicyclic) bond motifs is 1. The van der Waals surface area contributed by atoms with Crippen LogP contribution in [0.5, 0.6) is 0 Å². The van der Waals surface area contributed by atoms with Gasteiger partial charge in [-0.3, -0.25) is 9.35 Å². The normalized spacial score (nSPS) is 23.3. The average molecular weight is 599 g/mol. The van der Waals surface area contributed by atoms with Crippen LogP contribution in [0.3, 0.4) is 0 Å². The van der Waals surface area contributed by atoms with E-state index in [0.717, 1.165) is 23.4 Å². The van der Waals surface area contributed by atoms with Crippen molar-refractivity contribution < 1.29 is 27.6 Å². The molecule has 0 aromatic carbocycles. The SMILES string of the molecule is O=C(c1cc([C@@H]2OCCc3ccc(Cl)nc32)c(Cl)s1)c1cncnc1N[C@H]1C[C@H](O)[C@@H]([CH]NS(=O)(=O)O)C1. The Labute approximate surface area is 232 Å². The van der Waals surface area contributed by atoms with E-state index in [1.165, 1.54) is 12.5 Å². The molecule has 0 bridgehead atoms. The van der Waals surface area contributed by atoms with E-state index in [9.17, 15) is 18.3 Å². The molecule has 15 heteroatoms. The van der Waals surface area contributed by atoms with Crippen molar-refractivity contribution in [2.45, 2.75) is 37.5 Å². The summed E-state index contributed by atoms with van der Waals surface area (Å²) in [6, 6.07) is 5.00. The van der Waals surface area contributed by atoms with Gasteiger partial charge < -0.3 is 15.2 Å². The van der Waals surface area contributed by atoms with Crippen molar-refractivity contribution in [3.8, 4) is 0 Å². The summed E-state index contributed by atoms with van der Waals surface area (Å²) >= 11 is 13.8. The number of aliphatic hydroxyl groups is 1. The highest BCUT2D eigenvalue weighted by Crippen LogP contribution is 2.41. The fourth-order valence-corrected chi connectivity index (χ4v) is 6.42. The number of aromatic nitrogens is 3. The Kier molecular flexibility index (Phi) is 7.99. The van der Waals surface area contributed by atoms with E-state index in [1.807, 2.05) is 10.8 Å². The van der Waals surface area contributed by atoms with Crippen LogP contribution in [0.1, 0.15) is 51.0 Å². The average Bonchev–Trinajstić information content (AvgIpc) is 3.43. The lowest BCUT2D eigenvalue weighted by Gasteiger charge is -2.25. The quantitative estimate of drug-likeness (QED) is 0.172. The zero-order valence-electron chi connectivity index (χ0n) is 19.5. The molecular formula is C23H22Cl2N5O6S2. The van der Waals surface area contributed by atoms with Crippen LogP contribution in [0.2, 0.25) is 9.49 Å². The summed E-state index contributed by atoms with van der Waals surface area (Å²) < 4.78 is 39.0. The summed E-state index contributed by atoms with van der Waals surface area (Å²) in [5.74, 6) is -0.630. The lowest BCUT2D eigenvalue weighted by atomic mass is 9.99. The minimum atomic E-state index is -4.42. The van der Waals surface area contributed by atoms with Gasteiger partial charge in [0.25, 0.3) is 0 Å². The molecule has 3 aromatic heterocycles. The van der Waals surface area contributed by atoms with Crippen molar-refractivity contribution in [1.29, 1.82) is 0 Å². The second-order valence-corrected chi connectivity index (χ2v) is 12.2. The van der Waals surface area contributed by atoms with Gasteiger partial charge in [-0.1, -0.05) is 29.3 Å². The molecule has 4 heterocycles.